The second-order valence-electron chi connectivity index (χ2n) is 3.86. The molecular formula is C12H18BrN3O2. The van der Waals surface area contributed by atoms with Gasteiger partial charge in [0.25, 0.3) is 5.56 Å². The molecule has 1 aromatic heterocycles. The molecule has 0 aliphatic heterocycles. The Morgan fingerprint density at radius 2 is 2.28 bits per heavy atom. The van der Waals surface area contributed by atoms with Gasteiger partial charge in [-0.05, 0) is 35.2 Å². The van der Waals surface area contributed by atoms with E-state index in [1.165, 1.54) is 4.68 Å². The Kier molecular flexibility index (Phi) is 6.67. The number of halogens is 1. The molecule has 1 heterocycles. The van der Waals surface area contributed by atoms with Crippen LogP contribution < -0.4 is 10.9 Å². The molecule has 0 amide bonds. The van der Waals surface area contributed by atoms with Gasteiger partial charge in [-0.1, -0.05) is 6.08 Å². The molecule has 1 aromatic rings. The molecule has 18 heavy (non-hydrogen) atoms. The maximum atomic E-state index is 11.8. The summed E-state index contributed by atoms with van der Waals surface area (Å²) in [7, 11) is 0. The average molecular weight is 316 g/mol. The fourth-order valence-electron chi connectivity index (χ4n) is 1.48. The van der Waals surface area contributed by atoms with Gasteiger partial charge in [0.05, 0.1) is 18.4 Å². The first-order valence-corrected chi connectivity index (χ1v) is 6.71. The molecule has 0 aliphatic carbocycles. The molecule has 0 atom stereocenters. The molecule has 1 rings (SSSR count). The lowest BCUT2D eigenvalue weighted by atomic mass is 10.2. The Hall–Kier alpha value is -1.14. The van der Waals surface area contributed by atoms with Gasteiger partial charge in [0.2, 0.25) is 0 Å². The maximum absolute atomic E-state index is 11.8. The molecule has 0 spiro atoms. The first-order valence-electron chi connectivity index (χ1n) is 5.92. The minimum atomic E-state index is -0.171. The Labute approximate surface area is 115 Å². The number of aliphatic hydroxyl groups excluding tert-OH is 1. The number of nitrogens with one attached hydrogen (secondary N) is 1. The third-order valence-electron chi connectivity index (χ3n) is 2.44. The summed E-state index contributed by atoms with van der Waals surface area (Å²) in [5, 5.41) is 15.9. The quantitative estimate of drug-likeness (QED) is 0.566. The number of hydrogen-bond donors (Lipinski definition) is 2. The summed E-state index contributed by atoms with van der Waals surface area (Å²) in [5.41, 5.74) is 0.527. The second-order valence-corrected chi connectivity index (χ2v) is 4.65. The summed E-state index contributed by atoms with van der Waals surface area (Å²) in [5.74, 6) is 0. The van der Waals surface area contributed by atoms with Gasteiger partial charge >= 0.3 is 0 Å². The molecular weight excluding hydrogens is 298 g/mol. The molecule has 0 saturated heterocycles. The Morgan fingerprint density at radius 1 is 1.50 bits per heavy atom. The van der Waals surface area contributed by atoms with Gasteiger partial charge in [-0.25, -0.2) is 4.68 Å². The molecule has 100 valence electrons. The van der Waals surface area contributed by atoms with Crippen LogP contribution >= 0.6 is 15.9 Å². The zero-order valence-electron chi connectivity index (χ0n) is 10.2. The lowest BCUT2D eigenvalue weighted by Gasteiger charge is -2.09. The van der Waals surface area contributed by atoms with Crippen molar-refractivity contribution in [1.82, 2.24) is 9.78 Å². The molecule has 6 heteroatoms. The first kappa shape index (κ1) is 14.9. The number of anilines is 1. The molecule has 0 aliphatic rings. The van der Waals surface area contributed by atoms with E-state index in [0.717, 1.165) is 25.8 Å². The number of hydrogen-bond acceptors (Lipinski definition) is 4. The second kappa shape index (κ2) is 8.05. The van der Waals surface area contributed by atoms with Crippen molar-refractivity contribution in [3.8, 4) is 0 Å². The summed E-state index contributed by atoms with van der Waals surface area (Å²) < 4.78 is 1.83. The van der Waals surface area contributed by atoms with Crippen LogP contribution in [-0.2, 0) is 6.54 Å². The van der Waals surface area contributed by atoms with E-state index in [2.05, 4.69) is 32.9 Å². The van der Waals surface area contributed by atoms with Gasteiger partial charge in [-0.15, -0.1) is 6.58 Å². The summed E-state index contributed by atoms with van der Waals surface area (Å²) >= 11 is 3.27. The maximum Gasteiger partial charge on any atom is 0.283 e. The molecule has 2 N–H and O–H groups in total. The highest BCUT2D eigenvalue weighted by Crippen LogP contribution is 2.16. The molecule has 0 bridgehead atoms. The SMILES string of the molecule is C=CCn1ncc(NCCCCCO)c(Br)c1=O. The van der Waals surface area contributed by atoms with E-state index in [4.69, 9.17) is 5.11 Å². The molecule has 0 aromatic carbocycles. The van der Waals surface area contributed by atoms with Crippen LogP contribution in [0.3, 0.4) is 0 Å². The number of aliphatic hydroxyl groups is 1. The van der Waals surface area contributed by atoms with E-state index < -0.39 is 0 Å². The minimum absolute atomic E-state index is 0.171. The van der Waals surface area contributed by atoms with E-state index in [9.17, 15) is 4.79 Å². The third-order valence-corrected chi connectivity index (χ3v) is 3.20. The zero-order valence-corrected chi connectivity index (χ0v) is 11.8. The van der Waals surface area contributed by atoms with Crippen LogP contribution in [0.15, 0.2) is 28.1 Å². The van der Waals surface area contributed by atoms with Crippen LogP contribution in [0.5, 0.6) is 0 Å². The van der Waals surface area contributed by atoms with Crippen molar-refractivity contribution >= 4 is 21.6 Å². The van der Waals surface area contributed by atoms with Crippen LogP contribution in [0, 0.1) is 0 Å². The smallest absolute Gasteiger partial charge is 0.283 e. The number of allylic oxidation sites excluding steroid dienone is 1. The lowest BCUT2D eigenvalue weighted by molar-refractivity contribution is 0.283. The van der Waals surface area contributed by atoms with Gasteiger partial charge in [-0.3, -0.25) is 4.79 Å². The molecule has 0 radical (unpaired) electrons. The van der Waals surface area contributed by atoms with Crippen LogP contribution in [0.4, 0.5) is 5.69 Å². The standard InChI is InChI=1S/C12H18BrN3O2/c1-2-7-16-12(18)11(13)10(9-15-16)14-6-4-3-5-8-17/h2,9,14,17H,1,3-8H2. The van der Waals surface area contributed by atoms with E-state index in [1.807, 2.05) is 0 Å². The van der Waals surface area contributed by atoms with Crippen molar-refractivity contribution in [2.75, 3.05) is 18.5 Å². The highest BCUT2D eigenvalue weighted by molar-refractivity contribution is 9.10. The van der Waals surface area contributed by atoms with Gasteiger partial charge in [0.15, 0.2) is 0 Å². The molecule has 0 unspecified atom stereocenters. The Bertz CT molecular complexity index is 445. The van der Waals surface area contributed by atoms with Crippen molar-refractivity contribution in [3.63, 3.8) is 0 Å². The lowest BCUT2D eigenvalue weighted by Crippen LogP contribution is -2.24. The normalized spacial score (nSPS) is 10.3. The summed E-state index contributed by atoms with van der Waals surface area (Å²) in [6, 6.07) is 0. The van der Waals surface area contributed by atoms with Crippen molar-refractivity contribution in [2.24, 2.45) is 0 Å². The highest BCUT2D eigenvalue weighted by Gasteiger charge is 2.07. The molecule has 0 saturated carbocycles. The fraction of sp³-hybridized carbons (Fsp3) is 0.500. The van der Waals surface area contributed by atoms with E-state index >= 15 is 0 Å². The van der Waals surface area contributed by atoms with E-state index in [1.54, 1.807) is 12.3 Å². The predicted molar refractivity (Wildman–Crippen MR) is 75.8 cm³/mol. The number of nitrogens with zero attached hydrogens (tertiary/aromatic N) is 2. The Morgan fingerprint density at radius 3 is 2.94 bits per heavy atom. The van der Waals surface area contributed by atoms with E-state index in [0.29, 0.717) is 16.7 Å². The number of aromatic nitrogens is 2. The van der Waals surface area contributed by atoms with Crippen molar-refractivity contribution < 1.29 is 5.11 Å². The average Bonchev–Trinajstić information content (AvgIpc) is 2.37. The van der Waals surface area contributed by atoms with Crippen molar-refractivity contribution in [3.05, 3.63) is 33.7 Å². The van der Waals surface area contributed by atoms with Crippen LogP contribution in [0.25, 0.3) is 0 Å². The van der Waals surface area contributed by atoms with Gasteiger partial charge < -0.3 is 10.4 Å². The molecule has 0 fully saturated rings. The summed E-state index contributed by atoms with van der Waals surface area (Å²) in [6.45, 7) is 4.95. The Balaban J connectivity index is 2.59. The van der Waals surface area contributed by atoms with E-state index in [-0.39, 0.29) is 12.2 Å². The van der Waals surface area contributed by atoms with Crippen LogP contribution in [0.1, 0.15) is 19.3 Å². The number of unbranched alkanes of at least 4 members (excludes halogenated alkanes) is 2. The van der Waals surface area contributed by atoms with Gasteiger partial charge in [-0.2, -0.15) is 5.10 Å². The minimum Gasteiger partial charge on any atom is -0.396 e. The summed E-state index contributed by atoms with van der Waals surface area (Å²) in [4.78, 5) is 11.8. The predicted octanol–water partition coefficient (Wildman–Crippen LogP) is 1.77. The van der Waals surface area contributed by atoms with Crippen LogP contribution in [0.2, 0.25) is 0 Å². The van der Waals surface area contributed by atoms with Crippen molar-refractivity contribution in [2.45, 2.75) is 25.8 Å². The third kappa shape index (κ3) is 4.27. The fourth-order valence-corrected chi connectivity index (χ4v) is 1.92. The topological polar surface area (TPSA) is 67.2 Å². The largest absolute Gasteiger partial charge is 0.396 e. The van der Waals surface area contributed by atoms with Crippen molar-refractivity contribution in [1.29, 1.82) is 0 Å². The zero-order chi connectivity index (χ0) is 13.4. The van der Waals surface area contributed by atoms with Crippen LogP contribution in [-0.4, -0.2) is 28.0 Å². The number of rotatable bonds is 8. The molecule has 5 nitrogen and oxygen atoms in total. The van der Waals surface area contributed by atoms with Gasteiger partial charge in [0.1, 0.15) is 4.47 Å². The summed E-state index contributed by atoms with van der Waals surface area (Å²) in [6.07, 6.45) is 5.97. The monoisotopic (exact) mass is 315 g/mol. The highest BCUT2D eigenvalue weighted by atomic mass is 79.9. The first-order chi connectivity index (χ1) is 8.70. The van der Waals surface area contributed by atoms with Gasteiger partial charge in [0, 0.05) is 13.2 Å².